The molecule has 0 aromatic heterocycles. The van der Waals surface area contributed by atoms with E-state index < -0.39 is 18.1 Å². The van der Waals surface area contributed by atoms with E-state index in [0.29, 0.717) is 12.4 Å². The van der Waals surface area contributed by atoms with Gasteiger partial charge in [-0.1, -0.05) is 60.7 Å². The van der Waals surface area contributed by atoms with Gasteiger partial charge in [0, 0.05) is 11.5 Å². The number of nitrogens with one attached hydrogen (secondary N) is 1. The van der Waals surface area contributed by atoms with Gasteiger partial charge in [0.25, 0.3) is 0 Å². The zero-order valence-electron chi connectivity index (χ0n) is 16.3. The Bertz CT molecular complexity index is 724. The Kier molecular flexibility index (Phi) is 9.59. The minimum Gasteiger partial charge on any atom is -0.465 e. The molecule has 0 bridgehead atoms. The maximum Gasteiger partial charge on any atom is 0.324 e. The van der Waals surface area contributed by atoms with E-state index in [2.05, 4.69) is 5.32 Å². The molecule has 6 heteroatoms. The van der Waals surface area contributed by atoms with Crippen LogP contribution in [0.25, 0.3) is 0 Å². The third kappa shape index (κ3) is 7.74. The highest BCUT2D eigenvalue weighted by molar-refractivity contribution is 7.98. The number of carbonyl (C=O) groups excluding carboxylic acids is 2. The molecule has 2 atom stereocenters. The van der Waals surface area contributed by atoms with Crippen LogP contribution in [0, 0.1) is 0 Å². The van der Waals surface area contributed by atoms with Crippen molar-refractivity contribution in [2.45, 2.75) is 38.3 Å². The molecule has 0 amide bonds. The summed E-state index contributed by atoms with van der Waals surface area (Å²) < 4.78 is 10.5. The van der Waals surface area contributed by atoms with Gasteiger partial charge < -0.3 is 9.47 Å². The molecule has 28 heavy (non-hydrogen) atoms. The highest BCUT2D eigenvalue weighted by Gasteiger charge is 2.25. The summed E-state index contributed by atoms with van der Waals surface area (Å²) in [6, 6.07) is 18.3. The summed E-state index contributed by atoms with van der Waals surface area (Å²) in [5.74, 6) is 0.534. The van der Waals surface area contributed by atoms with Crippen LogP contribution < -0.4 is 5.32 Å². The predicted molar refractivity (Wildman–Crippen MR) is 112 cm³/mol. The van der Waals surface area contributed by atoms with Gasteiger partial charge in [-0.2, -0.15) is 11.8 Å². The normalized spacial score (nSPS) is 12.8. The van der Waals surface area contributed by atoms with Gasteiger partial charge in [-0.25, -0.2) is 0 Å². The Morgan fingerprint density at radius 3 is 2.14 bits per heavy atom. The van der Waals surface area contributed by atoms with Crippen LogP contribution in [0.3, 0.4) is 0 Å². The van der Waals surface area contributed by atoms with Crippen molar-refractivity contribution in [3.8, 4) is 0 Å². The quantitative estimate of drug-likeness (QED) is 0.581. The lowest BCUT2D eigenvalue weighted by Gasteiger charge is -2.21. The third-order valence-corrected chi connectivity index (χ3v) is 5.10. The number of hydrogen-bond acceptors (Lipinski definition) is 6. The van der Waals surface area contributed by atoms with Crippen LogP contribution in [0.4, 0.5) is 0 Å². The summed E-state index contributed by atoms with van der Waals surface area (Å²) in [5.41, 5.74) is 2.11. The molecule has 0 saturated carbocycles. The van der Waals surface area contributed by atoms with E-state index in [1.165, 1.54) is 5.56 Å². The molecule has 2 rings (SSSR count). The Morgan fingerprint density at radius 1 is 0.929 bits per heavy atom. The summed E-state index contributed by atoms with van der Waals surface area (Å²) >= 11 is 1.62. The maximum absolute atomic E-state index is 12.3. The van der Waals surface area contributed by atoms with E-state index in [0.717, 1.165) is 11.3 Å². The Labute approximate surface area is 170 Å². The number of carbonyl (C=O) groups is 2. The Balaban J connectivity index is 1.85. The fraction of sp³-hybridized carbons (Fsp3) is 0.364. The number of ether oxygens (including phenoxy) is 2. The topological polar surface area (TPSA) is 64.6 Å². The van der Waals surface area contributed by atoms with Crippen molar-refractivity contribution in [2.24, 2.45) is 0 Å². The lowest BCUT2D eigenvalue weighted by Crippen LogP contribution is -2.48. The van der Waals surface area contributed by atoms with Crippen molar-refractivity contribution in [1.29, 1.82) is 0 Å². The highest BCUT2D eigenvalue weighted by atomic mass is 32.2. The van der Waals surface area contributed by atoms with Crippen molar-refractivity contribution in [2.75, 3.05) is 12.4 Å². The molecule has 0 heterocycles. The first-order chi connectivity index (χ1) is 13.6. The second-order valence-corrected chi connectivity index (χ2v) is 7.32. The molecular weight excluding hydrogens is 374 g/mol. The number of benzene rings is 2. The number of hydrogen-bond donors (Lipinski definition) is 1. The average Bonchev–Trinajstić information content (AvgIpc) is 2.72. The van der Waals surface area contributed by atoms with Gasteiger partial charge in [0.05, 0.1) is 6.61 Å². The highest BCUT2D eigenvalue weighted by Crippen LogP contribution is 2.14. The maximum atomic E-state index is 12.3. The Morgan fingerprint density at radius 2 is 1.54 bits per heavy atom. The van der Waals surface area contributed by atoms with E-state index in [4.69, 9.17) is 9.47 Å². The molecule has 0 spiro atoms. The van der Waals surface area contributed by atoms with E-state index in [9.17, 15) is 9.59 Å². The number of rotatable bonds is 11. The van der Waals surface area contributed by atoms with Crippen molar-refractivity contribution in [3.63, 3.8) is 0 Å². The van der Waals surface area contributed by atoms with Crippen LogP contribution in [0.1, 0.15) is 25.0 Å². The molecule has 1 unspecified atom stereocenters. The van der Waals surface area contributed by atoms with Gasteiger partial charge >= 0.3 is 11.9 Å². The molecule has 0 aliphatic carbocycles. The second-order valence-electron chi connectivity index (χ2n) is 6.29. The lowest BCUT2D eigenvalue weighted by atomic mass is 10.2. The largest absolute Gasteiger partial charge is 0.465 e. The van der Waals surface area contributed by atoms with Gasteiger partial charge in [0.15, 0.2) is 0 Å². The van der Waals surface area contributed by atoms with Crippen LogP contribution in [0.5, 0.6) is 0 Å². The molecule has 2 aromatic carbocycles. The first kappa shape index (κ1) is 22.0. The monoisotopic (exact) mass is 401 g/mol. The predicted octanol–water partition coefficient (Wildman–Crippen LogP) is 3.57. The van der Waals surface area contributed by atoms with E-state index >= 15 is 0 Å². The molecule has 0 radical (unpaired) electrons. The molecule has 150 valence electrons. The van der Waals surface area contributed by atoms with Gasteiger partial charge in [0.1, 0.15) is 18.7 Å². The lowest BCUT2D eigenvalue weighted by molar-refractivity contribution is -0.149. The molecule has 0 aliphatic heterocycles. The van der Waals surface area contributed by atoms with E-state index in [-0.39, 0.29) is 12.6 Å². The molecule has 0 aliphatic rings. The van der Waals surface area contributed by atoms with Crippen molar-refractivity contribution >= 4 is 23.7 Å². The van der Waals surface area contributed by atoms with Crippen molar-refractivity contribution in [1.82, 2.24) is 5.32 Å². The summed E-state index contributed by atoms with van der Waals surface area (Å²) in [6.45, 7) is 3.97. The number of thioether (sulfide) groups is 1. The third-order valence-electron chi connectivity index (χ3n) is 4.00. The zero-order valence-corrected chi connectivity index (χ0v) is 17.1. The fourth-order valence-corrected chi connectivity index (χ4v) is 3.53. The zero-order chi connectivity index (χ0) is 20.2. The molecule has 5 nitrogen and oxygen atoms in total. The SMILES string of the molecule is CCOC(=O)C(CSCc1ccccc1)N[C@@H](C)C(=O)OCc1ccccc1. The minimum atomic E-state index is -0.615. The molecule has 1 N–H and O–H groups in total. The first-order valence-electron chi connectivity index (χ1n) is 9.35. The van der Waals surface area contributed by atoms with E-state index in [1.807, 2.05) is 60.7 Å². The van der Waals surface area contributed by atoms with Crippen molar-refractivity contribution < 1.29 is 19.1 Å². The Hall–Kier alpha value is -2.31. The van der Waals surface area contributed by atoms with Gasteiger partial charge in [0.2, 0.25) is 0 Å². The van der Waals surface area contributed by atoms with Crippen LogP contribution in [-0.2, 0) is 31.4 Å². The van der Waals surface area contributed by atoms with Gasteiger partial charge in [-0.05, 0) is 25.0 Å². The molecular formula is C22H27NO4S. The smallest absolute Gasteiger partial charge is 0.324 e. The molecule has 0 saturated heterocycles. The van der Waals surface area contributed by atoms with Gasteiger partial charge in [-0.3, -0.25) is 14.9 Å². The average molecular weight is 402 g/mol. The van der Waals surface area contributed by atoms with Crippen LogP contribution in [0.15, 0.2) is 60.7 Å². The van der Waals surface area contributed by atoms with Crippen LogP contribution in [-0.4, -0.2) is 36.4 Å². The van der Waals surface area contributed by atoms with Crippen LogP contribution in [0.2, 0.25) is 0 Å². The standard InChI is InChI=1S/C22H27NO4S/c1-3-26-22(25)20(16-28-15-19-12-8-5-9-13-19)23-17(2)21(24)27-14-18-10-6-4-7-11-18/h4-13,17,20,23H,3,14-16H2,1-2H3/t17-,20?/m0/s1. The summed E-state index contributed by atoms with van der Waals surface area (Å²) in [4.78, 5) is 24.6. The summed E-state index contributed by atoms with van der Waals surface area (Å²) in [7, 11) is 0. The summed E-state index contributed by atoms with van der Waals surface area (Å²) in [6.07, 6.45) is 0. The first-order valence-corrected chi connectivity index (χ1v) is 10.5. The minimum absolute atomic E-state index is 0.207. The van der Waals surface area contributed by atoms with Gasteiger partial charge in [-0.15, -0.1) is 0 Å². The molecule has 0 fully saturated rings. The second kappa shape index (κ2) is 12.2. The van der Waals surface area contributed by atoms with Crippen molar-refractivity contribution in [3.05, 3.63) is 71.8 Å². The fourth-order valence-electron chi connectivity index (χ4n) is 2.52. The van der Waals surface area contributed by atoms with E-state index in [1.54, 1.807) is 25.6 Å². The number of esters is 2. The summed E-state index contributed by atoms with van der Waals surface area (Å²) in [5, 5.41) is 3.05. The molecule has 2 aromatic rings. The van der Waals surface area contributed by atoms with Crippen LogP contribution >= 0.6 is 11.8 Å².